The molecule has 1 fully saturated rings. The van der Waals surface area contributed by atoms with Crippen molar-refractivity contribution < 1.29 is 24.8 Å². The Balaban J connectivity index is 1.84. The highest BCUT2D eigenvalue weighted by molar-refractivity contribution is 7.80. The van der Waals surface area contributed by atoms with Gasteiger partial charge in [-0.2, -0.15) is 0 Å². The molecule has 1 rings (SSSR count). The van der Waals surface area contributed by atoms with Crippen LogP contribution in [0.15, 0.2) is 0 Å². The van der Waals surface area contributed by atoms with Gasteiger partial charge in [-0.25, -0.2) is 0 Å². The lowest BCUT2D eigenvalue weighted by Gasteiger charge is -2.34. The predicted octanol–water partition coefficient (Wildman–Crippen LogP) is 5.07. The molecule has 6 heteroatoms. The molecule has 0 unspecified atom stereocenters. The zero-order valence-electron chi connectivity index (χ0n) is 19.1. The smallest absolute Gasteiger partial charge is 0.159 e. The summed E-state index contributed by atoms with van der Waals surface area (Å²) in [6, 6.07) is 0. The number of aliphatic hydroxyl groups excluding tert-OH is 3. The topological polar surface area (TPSA) is 79.2 Å². The number of aliphatic hydroxyl groups is 3. The summed E-state index contributed by atoms with van der Waals surface area (Å²) in [5.74, 6) is 0. The van der Waals surface area contributed by atoms with Gasteiger partial charge in [0.15, 0.2) is 5.05 Å². The molecule has 4 atom stereocenters. The largest absolute Gasteiger partial charge is 0.484 e. The average molecular weight is 447 g/mol. The minimum absolute atomic E-state index is 0.00192. The van der Waals surface area contributed by atoms with E-state index in [0.29, 0.717) is 5.05 Å². The van der Waals surface area contributed by atoms with Crippen LogP contribution < -0.4 is 0 Å². The summed E-state index contributed by atoms with van der Waals surface area (Å²) < 4.78 is 10.8. The number of hydrogen-bond donors (Lipinski definition) is 3. The first-order chi connectivity index (χ1) is 14.6. The Hall–Kier alpha value is -0.270. The summed E-state index contributed by atoms with van der Waals surface area (Å²) in [5.41, 5.74) is 0. The van der Waals surface area contributed by atoms with Gasteiger partial charge in [0.1, 0.15) is 31.0 Å². The van der Waals surface area contributed by atoms with Crippen LogP contribution >= 0.6 is 12.2 Å². The molecule has 1 aliphatic rings. The van der Waals surface area contributed by atoms with Gasteiger partial charge in [-0.3, -0.25) is 0 Å². The summed E-state index contributed by atoms with van der Waals surface area (Å²) >= 11 is 5.24. The molecule has 0 amide bonds. The SMILES string of the molecule is CCCCCCCCCCCCCCCCCC(=S)OC[C@@H]1OC[C@@H](O)[C@H](O)[C@H]1O. The lowest BCUT2D eigenvalue weighted by Crippen LogP contribution is -2.54. The molecule has 1 heterocycles. The van der Waals surface area contributed by atoms with Crippen LogP contribution in [0, 0.1) is 0 Å². The molecule has 1 saturated heterocycles. The number of thiocarbonyl (C=S) groups is 1. The lowest BCUT2D eigenvalue weighted by molar-refractivity contribution is -0.193. The van der Waals surface area contributed by atoms with Crippen LogP contribution in [0.4, 0.5) is 0 Å². The van der Waals surface area contributed by atoms with Gasteiger partial charge in [0, 0.05) is 6.42 Å². The van der Waals surface area contributed by atoms with Gasteiger partial charge < -0.3 is 24.8 Å². The van der Waals surface area contributed by atoms with Gasteiger partial charge in [-0.1, -0.05) is 96.8 Å². The molecule has 0 aromatic carbocycles. The third kappa shape index (κ3) is 13.2. The van der Waals surface area contributed by atoms with Crippen molar-refractivity contribution in [3.63, 3.8) is 0 Å². The monoisotopic (exact) mass is 446 g/mol. The van der Waals surface area contributed by atoms with E-state index in [0.717, 1.165) is 19.3 Å². The predicted molar refractivity (Wildman–Crippen MR) is 126 cm³/mol. The second-order valence-corrected chi connectivity index (χ2v) is 9.26. The minimum atomic E-state index is -1.20. The highest BCUT2D eigenvalue weighted by Gasteiger charge is 2.37. The fraction of sp³-hybridized carbons (Fsp3) is 0.958. The van der Waals surface area contributed by atoms with Crippen LogP contribution in [0.3, 0.4) is 0 Å². The fourth-order valence-electron chi connectivity index (χ4n) is 3.90. The summed E-state index contributed by atoms with van der Waals surface area (Å²) in [6.45, 7) is 2.38. The molecular formula is C24H46O5S. The second kappa shape index (κ2) is 18.3. The van der Waals surface area contributed by atoms with E-state index in [1.807, 2.05) is 0 Å². The molecular weight excluding hydrogens is 400 g/mol. The Bertz CT molecular complexity index is 420. The molecule has 30 heavy (non-hydrogen) atoms. The Labute approximate surface area is 189 Å². The lowest BCUT2D eigenvalue weighted by atomic mass is 10.0. The van der Waals surface area contributed by atoms with Crippen LogP contribution in [0.25, 0.3) is 0 Å². The van der Waals surface area contributed by atoms with Crippen LogP contribution in [0.5, 0.6) is 0 Å². The number of ether oxygens (including phenoxy) is 2. The summed E-state index contributed by atoms with van der Waals surface area (Å²) in [5, 5.41) is 29.5. The molecule has 0 aromatic rings. The third-order valence-corrected chi connectivity index (χ3v) is 6.32. The van der Waals surface area contributed by atoms with Crippen molar-refractivity contribution >= 4 is 17.3 Å². The average Bonchev–Trinajstić information content (AvgIpc) is 2.74. The first-order valence-electron chi connectivity index (χ1n) is 12.4. The van der Waals surface area contributed by atoms with E-state index in [9.17, 15) is 15.3 Å². The second-order valence-electron chi connectivity index (χ2n) is 8.80. The Morgan fingerprint density at radius 1 is 0.767 bits per heavy atom. The molecule has 0 saturated carbocycles. The van der Waals surface area contributed by atoms with Crippen molar-refractivity contribution in [2.75, 3.05) is 13.2 Å². The number of hydrogen-bond acceptors (Lipinski definition) is 6. The van der Waals surface area contributed by atoms with Crippen molar-refractivity contribution in [2.24, 2.45) is 0 Å². The van der Waals surface area contributed by atoms with Gasteiger partial charge in [-0.15, -0.1) is 0 Å². The molecule has 0 aliphatic carbocycles. The summed E-state index contributed by atoms with van der Waals surface area (Å²) in [7, 11) is 0. The molecule has 0 radical (unpaired) electrons. The standard InChI is InChI=1S/C24H46O5S/c1-2-3-4-5-6-7-8-9-10-11-12-13-14-15-16-17-22(30)29-19-21-24(27)23(26)20(25)18-28-21/h20-21,23-27H,2-19H2,1H3/t20-,21+,23+,24+/m1/s1. The fourth-order valence-corrected chi connectivity index (χ4v) is 4.11. The minimum Gasteiger partial charge on any atom is -0.484 e. The molecule has 0 spiro atoms. The number of rotatable bonds is 18. The highest BCUT2D eigenvalue weighted by Crippen LogP contribution is 2.17. The van der Waals surface area contributed by atoms with Gasteiger partial charge in [0.25, 0.3) is 0 Å². The summed E-state index contributed by atoms with van der Waals surface area (Å²) in [4.78, 5) is 0. The highest BCUT2D eigenvalue weighted by atomic mass is 32.1. The van der Waals surface area contributed by atoms with E-state index in [1.165, 1.54) is 83.5 Å². The molecule has 1 aliphatic heterocycles. The van der Waals surface area contributed by atoms with Crippen LogP contribution in [0.2, 0.25) is 0 Å². The van der Waals surface area contributed by atoms with Crippen molar-refractivity contribution in [3.8, 4) is 0 Å². The molecule has 0 aromatic heterocycles. The van der Waals surface area contributed by atoms with Crippen molar-refractivity contribution in [2.45, 2.75) is 134 Å². The Morgan fingerprint density at radius 2 is 1.23 bits per heavy atom. The van der Waals surface area contributed by atoms with Gasteiger partial charge in [0.2, 0.25) is 0 Å². The van der Waals surface area contributed by atoms with Crippen molar-refractivity contribution in [1.82, 2.24) is 0 Å². The normalized spacial score (nSPS) is 24.1. The molecule has 3 N–H and O–H groups in total. The summed E-state index contributed by atoms with van der Waals surface area (Å²) in [6.07, 6.45) is 16.7. The first kappa shape index (κ1) is 27.8. The maximum absolute atomic E-state index is 9.88. The van der Waals surface area contributed by atoms with Crippen LogP contribution in [-0.4, -0.2) is 58.0 Å². The maximum Gasteiger partial charge on any atom is 0.159 e. The van der Waals surface area contributed by atoms with Crippen molar-refractivity contribution in [1.29, 1.82) is 0 Å². The number of unbranched alkanes of at least 4 members (excludes halogenated alkanes) is 14. The van der Waals surface area contributed by atoms with E-state index in [4.69, 9.17) is 21.7 Å². The van der Waals surface area contributed by atoms with E-state index in [2.05, 4.69) is 6.92 Å². The quantitative estimate of drug-likeness (QED) is 0.201. The zero-order chi connectivity index (χ0) is 22.0. The van der Waals surface area contributed by atoms with Crippen molar-refractivity contribution in [3.05, 3.63) is 0 Å². The maximum atomic E-state index is 9.88. The van der Waals surface area contributed by atoms with Gasteiger partial charge >= 0.3 is 0 Å². The molecule has 178 valence electrons. The van der Waals surface area contributed by atoms with E-state index >= 15 is 0 Å². The molecule has 0 bridgehead atoms. The molecule has 5 nitrogen and oxygen atoms in total. The zero-order valence-corrected chi connectivity index (χ0v) is 19.9. The van der Waals surface area contributed by atoms with Crippen LogP contribution in [0.1, 0.15) is 110 Å². The van der Waals surface area contributed by atoms with Gasteiger partial charge in [-0.05, 0) is 18.6 Å². The van der Waals surface area contributed by atoms with E-state index in [-0.39, 0.29) is 13.2 Å². The van der Waals surface area contributed by atoms with E-state index in [1.54, 1.807) is 0 Å². The van der Waals surface area contributed by atoms with E-state index < -0.39 is 24.4 Å². The third-order valence-electron chi connectivity index (χ3n) is 6.00. The Kier molecular flexibility index (Phi) is 17.0. The van der Waals surface area contributed by atoms with Crippen LogP contribution in [-0.2, 0) is 9.47 Å². The first-order valence-corrected chi connectivity index (χ1v) is 12.8. The Morgan fingerprint density at radius 3 is 1.73 bits per heavy atom. The van der Waals surface area contributed by atoms with Gasteiger partial charge in [0.05, 0.1) is 6.61 Å².